The third kappa shape index (κ3) is 2.72. The van der Waals surface area contributed by atoms with Gasteiger partial charge in [0.2, 0.25) is 0 Å². The van der Waals surface area contributed by atoms with Gasteiger partial charge in [-0.2, -0.15) is 0 Å². The fourth-order valence-electron chi connectivity index (χ4n) is 1.96. The molecule has 1 rings (SSSR count). The summed E-state index contributed by atoms with van der Waals surface area (Å²) in [5.41, 5.74) is -0.678. The lowest BCUT2D eigenvalue weighted by Gasteiger charge is -2.26. The number of rotatable bonds is 5. The summed E-state index contributed by atoms with van der Waals surface area (Å²) >= 11 is 0. The van der Waals surface area contributed by atoms with Gasteiger partial charge in [-0.25, -0.2) is 4.39 Å². The van der Waals surface area contributed by atoms with Crippen LogP contribution in [0.1, 0.15) is 25.8 Å². The van der Waals surface area contributed by atoms with Crippen LogP contribution in [0.3, 0.4) is 0 Å². The van der Waals surface area contributed by atoms with Crippen LogP contribution in [0.25, 0.3) is 0 Å². The van der Waals surface area contributed by atoms with Crippen LogP contribution in [0.4, 0.5) is 4.39 Å². The number of halogens is 1. The normalized spacial score (nSPS) is 11.2. The zero-order valence-corrected chi connectivity index (χ0v) is 10.9. The fraction of sp³-hybridized carbons (Fsp3) is 0.462. The van der Waals surface area contributed by atoms with Gasteiger partial charge in [0.15, 0.2) is 11.6 Å². The minimum absolute atomic E-state index is 0.0734. The van der Waals surface area contributed by atoms with Crippen LogP contribution in [0.2, 0.25) is 0 Å². The number of carbonyl (C=O) groups is 1. The quantitative estimate of drug-likeness (QED) is 0.879. The summed E-state index contributed by atoms with van der Waals surface area (Å²) in [7, 11) is 2.78. The molecular weight excluding hydrogens is 239 g/mol. The van der Waals surface area contributed by atoms with E-state index in [-0.39, 0.29) is 17.7 Å². The van der Waals surface area contributed by atoms with E-state index in [0.717, 1.165) is 0 Å². The lowest BCUT2D eigenvalue weighted by atomic mass is 9.80. The summed E-state index contributed by atoms with van der Waals surface area (Å²) in [6.07, 6.45) is -0.201. The van der Waals surface area contributed by atoms with E-state index in [2.05, 4.69) is 0 Å². The first-order chi connectivity index (χ1) is 8.33. The Bertz CT molecular complexity index is 455. The molecule has 0 saturated carbocycles. The molecule has 0 saturated heterocycles. The Kier molecular flexibility index (Phi) is 4.16. The molecule has 5 heteroatoms. The van der Waals surface area contributed by atoms with E-state index in [1.807, 2.05) is 0 Å². The minimum Gasteiger partial charge on any atom is -0.496 e. The molecule has 0 spiro atoms. The number of carboxylic acids is 1. The molecule has 18 heavy (non-hydrogen) atoms. The molecule has 1 N–H and O–H groups in total. The SMILES string of the molecule is COc1ccc(OC)c(C(C)(C)CC(=O)O)c1F. The zero-order chi connectivity index (χ0) is 13.9. The summed E-state index contributed by atoms with van der Waals surface area (Å²) in [5.74, 6) is -1.18. The van der Waals surface area contributed by atoms with E-state index in [9.17, 15) is 9.18 Å². The van der Waals surface area contributed by atoms with Crippen molar-refractivity contribution in [1.29, 1.82) is 0 Å². The van der Waals surface area contributed by atoms with Crippen molar-refractivity contribution >= 4 is 5.97 Å². The second-order valence-electron chi connectivity index (χ2n) is 4.61. The molecule has 0 fully saturated rings. The number of methoxy groups -OCH3 is 2. The van der Waals surface area contributed by atoms with E-state index in [1.54, 1.807) is 19.9 Å². The summed E-state index contributed by atoms with van der Waals surface area (Å²) < 4.78 is 24.3. The van der Waals surface area contributed by atoms with Crippen molar-refractivity contribution in [3.05, 3.63) is 23.5 Å². The standard InChI is InChI=1S/C13H17FO4/c1-13(2,7-10(15)16)11-8(17-3)5-6-9(18-4)12(11)14/h5-6H,7H2,1-4H3,(H,15,16). The number of hydrogen-bond donors (Lipinski definition) is 1. The van der Waals surface area contributed by atoms with Crippen molar-refractivity contribution in [2.24, 2.45) is 0 Å². The van der Waals surface area contributed by atoms with E-state index in [1.165, 1.54) is 20.3 Å². The van der Waals surface area contributed by atoms with Crippen LogP contribution >= 0.6 is 0 Å². The Morgan fingerprint density at radius 3 is 2.22 bits per heavy atom. The molecule has 4 nitrogen and oxygen atoms in total. The third-order valence-electron chi connectivity index (χ3n) is 2.78. The van der Waals surface area contributed by atoms with Gasteiger partial charge in [-0.1, -0.05) is 13.8 Å². The average molecular weight is 256 g/mol. The molecule has 100 valence electrons. The number of ether oxygens (including phenoxy) is 2. The van der Waals surface area contributed by atoms with E-state index in [4.69, 9.17) is 14.6 Å². The van der Waals surface area contributed by atoms with E-state index in [0.29, 0.717) is 5.75 Å². The van der Waals surface area contributed by atoms with Gasteiger partial charge in [0.05, 0.1) is 20.6 Å². The van der Waals surface area contributed by atoms with Crippen molar-refractivity contribution in [3.63, 3.8) is 0 Å². The molecule has 0 bridgehead atoms. The predicted molar refractivity (Wildman–Crippen MR) is 64.8 cm³/mol. The van der Waals surface area contributed by atoms with Gasteiger partial charge >= 0.3 is 5.97 Å². The maximum Gasteiger partial charge on any atom is 0.304 e. The van der Waals surface area contributed by atoms with Crippen molar-refractivity contribution < 1.29 is 23.8 Å². The Morgan fingerprint density at radius 1 is 1.28 bits per heavy atom. The van der Waals surface area contributed by atoms with Gasteiger partial charge in [0, 0.05) is 11.0 Å². The van der Waals surface area contributed by atoms with Crippen LogP contribution in [0.5, 0.6) is 11.5 Å². The third-order valence-corrected chi connectivity index (χ3v) is 2.78. The number of aliphatic carboxylic acids is 1. The lowest BCUT2D eigenvalue weighted by molar-refractivity contribution is -0.138. The second kappa shape index (κ2) is 5.25. The summed E-state index contributed by atoms with van der Waals surface area (Å²) in [5, 5.41) is 8.90. The average Bonchev–Trinajstić information content (AvgIpc) is 2.26. The van der Waals surface area contributed by atoms with Crippen molar-refractivity contribution in [1.82, 2.24) is 0 Å². The lowest BCUT2D eigenvalue weighted by Crippen LogP contribution is -2.24. The van der Waals surface area contributed by atoms with Gasteiger partial charge in [0.1, 0.15) is 5.75 Å². The molecule has 0 unspecified atom stereocenters. The summed E-state index contributed by atoms with van der Waals surface area (Å²) in [6.45, 7) is 3.31. The fourth-order valence-corrected chi connectivity index (χ4v) is 1.96. The van der Waals surface area contributed by atoms with Crippen LogP contribution in [-0.4, -0.2) is 25.3 Å². The minimum atomic E-state index is -0.996. The molecular formula is C13H17FO4. The Morgan fingerprint density at radius 2 is 1.78 bits per heavy atom. The molecule has 0 amide bonds. The highest BCUT2D eigenvalue weighted by Gasteiger charge is 2.32. The first-order valence-corrected chi connectivity index (χ1v) is 5.46. The molecule has 0 aliphatic rings. The number of hydrogen-bond acceptors (Lipinski definition) is 3. The zero-order valence-electron chi connectivity index (χ0n) is 10.9. The molecule has 0 aliphatic heterocycles. The smallest absolute Gasteiger partial charge is 0.304 e. The van der Waals surface area contributed by atoms with Gasteiger partial charge in [-0.3, -0.25) is 4.79 Å². The molecule has 0 radical (unpaired) electrons. The molecule has 1 aromatic carbocycles. The maximum absolute atomic E-state index is 14.3. The van der Waals surface area contributed by atoms with Gasteiger partial charge in [-0.15, -0.1) is 0 Å². The van der Waals surface area contributed by atoms with Crippen LogP contribution in [-0.2, 0) is 10.2 Å². The summed E-state index contributed by atoms with van der Waals surface area (Å²) in [4.78, 5) is 10.9. The van der Waals surface area contributed by atoms with Crippen molar-refractivity contribution in [3.8, 4) is 11.5 Å². The van der Waals surface area contributed by atoms with Gasteiger partial charge in [-0.05, 0) is 12.1 Å². The Labute approximate surface area is 105 Å². The van der Waals surface area contributed by atoms with Crippen LogP contribution in [0.15, 0.2) is 12.1 Å². The highest BCUT2D eigenvalue weighted by molar-refractivity contribution is 5.69. The molecule has 0 atom stereocenters. The van der Waals surface area contributed by atoms with Crippen LogP contribution < -0.4 is 9.47 Å². The largest absolute Gasteiger partial charge is 0.496 e. The van der Waals surface area contributed by atoms with E-state index < -0.39 is 17.2 Å². The molecule has 0 aromatic heterocycles. The highest BCUT2D eigenvalue weighted by Crippen LogP contribution is 2.39. The number of benzene rings is 1. The van der Waals surface area contributed by atoms with Crippen molar-refractivity contribution in [2.45, 2.75) is 25.7 Å². The van der Waals surface area contributed by atoms with Crippen molar-refractivity contribution in [2.75, 3.05) is 14.2 Å². The first-order valence-electron chi connectivity index (χ1n) is 5.46. The topological polar surface area (TPSA) is 55.8 Å². The Hall–Kier alpha value is -1.78. The van der Waals surface area contributed by atoms with Gasteiger partial charge < -0.3 is 14.6 Å². The molecule has 0 aliphatic carbocycles. The predicted octanol–water partition coefficient (Wildman–Crippen LogP) is 2.60. The molecule has 0 heterocycles. The van der Waals surface area contributed by atoms with Gasteiger partial charge in [0.25, 0.3) is 0 Å². The maximum atomic E-state index is 14.3. The highest BCUT2D eigenvalue weighted by atomic mass is 19.1. The second-order valence-corrected chi connectivity index (χ2v) is 4.61. The Balaban J connectivity index is 3.40. The monoisotopic (exact) mass is 256 g/mol. The number of carboxylic acid groups (broad SMARTS) is 1. The first kappa shape index (κ1) is 14.3. The van der Waals surface area contributed by atoms with Crippen LogP contribution in [0, 0.1) is 5.82 Å². The summed E-state index contributed by atoms with van der Waals surface area (Å²) in [6, 6.07) is 3.02. The van der Waals surface area contributed by atoms with E-state index >= 15 is 0 Å². The molecule has 1 aromatic rings.